The summed E-state index contributed by atoms with van der Waals surface area (Å²) in [4.78, 5) is 16.5. The fraction of sp³-hybridized carbons (Fsp3) is 0. The molecule has 0 aliphatic carbocycles. The Morgan fingerprint density at radius 3 is 0.917 bits per heavy atom. The van der Waals surface area contributed by atoms with Crippen molar-refractivity contribution in [3.05, 3.63) is 30.6 Å². The standard InChI is InChI=1S/2ClH.2NO3.Ni.Pt/c;;2*2-1(3)4;;/h2*1H;;;;/q;;2*-1;2*+2/p-2. The SMILES string of the molecule is O=[N+]([O-])[O-].O=[N+]([O-])[O-].[Cl][Ni][Cl].[Pt+2]. The van der Waals surface area contributed by atoms with Gasteiger partial charge in [-0.15, -0.1) is 0 Å². The van der Waals surface area contributed by atoms with Gasteiger partial charge in [-0.2, -0.15) is 0 Å². The third kappa shape index (κ3) is 32600. The zero-order valence-electron chi connectivity index (χ0n) is 4.73. The Kier molecular flexibility index (Phi) is 42.6. The van der Waals surface area contributed by atoms with E-state index in [2.05, 4.69) is 0 Å². The second-order valence-electron chi connectivity index (χ2n) is 0.492. The number of hydrogen-bond donors (Lipinski definition) is 0. The van der Waals surface area contributed by atoms with E-state index in [-0.39, 0.29) is 21.1 Å². The predicted octanol–water partition coefficient (Wildman–Crippen LogP) is 0.896. The van der Waals surface area contributed by atoms with E-state index in [1.165, 1.54) is 0 Å². The van der Waals surface area contributed by atoms with Crippen molar-refractivity contribution in [3.63, 3.8) is 0 Å². The van der Waals surface area contributed by atoms with Crippen molar-refractivity contribution in [2.45, 2.75) is 0 Å². The van der Waals surface area contributed by atoms with E-state index in [9.17, 15) is 0 Å². The molecule has 0 spiro atoms. The van der Waals surface area contributed by atoms with Crippen molar-refractivity contribution in [3.8, 4) is 0 Å². The molecule has 0 saturated carbocycles. The summed E-state index contributed by atoms with van der Waals surface area (Å²) in [5, 5.41) is 29.5. The van der Waals surface area contributed by atoms with Crippen molar-refractivity contribution < 1.29 is 43.9 Å². The predicted molar refractivity (Wildman–Crippen MR) is 32.4 cm³/mol. The first-order valence-electron chi connectivity index (χ1n) is 1.33. The van der Waals surface area contributed by atoms with Gasteiger partial charge in [-0.3, -0.25) is 0 Å². The molecule has 0 N–H and O–H groups in total. The van der Waals surface area contributed by atoms with Crippen LogP contribution in [0.15, 0.2) is 0 Å². The minimum Gasteiger partial charge on any atom is 2.00 e. The molecule has 80 valence electrons. The quantitative estimate of drug-likeness (QED) is 0.307. The van der Waals surface area contributed by atoms with Crippen LogP contribution in [0, 0.1) is 30.6 Å². The summed E-state index contributed by atoms with van der Waals surface area (Å²) < 4.78 is 0. The van der Waals surface area contributed by atoms with Crippen LogP contribution in [0.2, 0.25) is 0 Å². The second kappa shape index (κ2) is 22.5. The van der Waals surface area contributed by atoms with Crippen LogP contribution < -0.4 is 0 Å². The minimum atomic E-state index is -1.75. The van der Waals surface area contributed by atoms with E-state index in [4.69, 9.17) is 51.0 Å². The molecule has 0 radical (unpaired) electrons. The van der Waals surface area contributed by atoms with Gasteiger partial charge in [0.2, 0.25) is 0 Å². The van der Waals surface area contributed by atoms with Crippen molar-refractivity contribution >= 4 is 20.4 Å². The van der Waals surface area contributed by atoms with Gasteiger partial charge in [0.25, 0.3) is 0 Å². The van der Waals surface area contributed by atoms with Crippen LogP contribution >= 0.6 is 20.4 Å². The molecule has 0 aliphatic rings. The van der Waals surface area contributed by atoms with Gasteiger partial charge in [0, 0.05) is 0 Å². The molecule has 0 atom stereocenters. The summed E-state index contributed by atoms with van der Waals surface area (Å²) in [5.41, 5.74) is 0. The van der Waals surface area contributed by atoms with E-state index in [0.29, 0.717) is 12.7 Å². The molecule has 0 unspecified atom stereocenters. The van der Waals surface area contributed by atoms with E-state index >= 15 is 0 Å². The van der Waals surface area contributed by atoms with Crippen LogP contribution in [0.1, 0.15) is 0 Å². The molecule has 0 saturated heterocycles. The van der Waals surface area contributed by atoms with Crippen LogP contribution in [0.4, 0.5) is 0 Å². The van der Waals surface area contributed by atoms with Gasteiger partial charge in [0.05, 0.1) is 10.2 Å². The molecule has 0 heterocycles. The molecular weight excluding hydrogens is 449 g/mol. The number of halogens is 2. The van der Waals surface area contributed by atoms with Crippen molar-refractivity contribution in [1.82, 2.24) is 0 Å². The summed E-state index contributed by atoms with van der Waals surface area (Å²) in [5.74, 6) is 0. The Hall–Kier alpha value is 0.162. The molecule has 0 bridgehead atoms. The van der Waals surface area contributed by atoms with Crippen molar-refractivity contribution in [2.24, 2.45) is 0 Å². The van der Waals surface area contributed by atoms with Crippen LogP contribution in [0.5, 0.6) is 0 Å². The number of rotatable bonds is 0. The number of nitrogens with zero attached hydrogens (tertiary/aromatic N) is 2. The van der Waals surface area contributed by atoms with Crippen LogP contribution in [-0.2, 0) is 33.7 Å². The van der Waals surface area contributed by atoms with Gasteiger partial charge in [-0.05, 0) is 0 Å². The maximum atomic E-state index is 8.25. The average molecular weight is 449 g/mol. The zero-order valence-corrected chi connectivity index (χ0v) is 9.50. The molecule has 8 nitrogen and oxygen atoms in total. The molecule has 12 heavy (non-hydrogen) atoms. The molecular formula is Cl2N2NiO6Pt. The molecule has 0 aromatic heterocycles. The molecule has 12 heteroatoms. The smallest absolute Gasteiger partial charge is 2.00 e. The van der Waals surface area contributed by atoms with Crippen molar-refractivity contribution in [2.75, 3.05) is 0 Å². The monoisotopic (exact) mass is 447 g/mol. The van der Waals surface area contributed by atoms with E-state index in [0.717, 1.165) is 0 Å². The summed E-state index contributed by atoms with van der Waals surface area (Å²) in [6.45, 7) is 0. The minimum absolute atomic E-state index is 0. The van der Waals surface area contributed by atoms with Crippen LogP contribution in [0.3, 0.4) is 0 Å². The normalized spacial score (nSPS) is 5.83. The zero-order chi connectivity index (χ0) is 9.86. The van der Waals surface area contributed by atoms with Gasteiger partial charge in [0.1, 0.15) is 0 Å². The van der Waals surface area contributed by atoms with Gasteiger partial charge in [-0.1, -0.05) is 0 Å². The van der Waals surface area contributed by atoms with Gasteiger partial charge < -0.3 is 30.6 Å². The number of hydrogen-bond acceptors (Lipinski definition) is 6. The fourth-order valence-corrected chi connectivity index (χ4v) is 0. The molecule has 0 amide bonds. The van der Waals surface area contributed by atoms with Gasteiger partial charge in [-0.25, -0.2) is 0 Å². The summed E-state index contributed by atoms with van der Waals surface area (Å²) in [6, 6.07) is 0. The fourth-order valence-electron chi connectivity index (χ4n) is 0. The molecule has 0 aliphatic heterocycles. The maximum Gasteiger partial charge on any atom is 2.00 e. The van der Waals surface area contributed by atoms with E-state index < -0.39 is 10.2 Å². The van der Waals surface area contributed by atoms with Crippen LogP contribution in [-0.4, -0.2) is 10.2 Å². The Morgan fingerprint density at radius 2 is 0.917 bits per heavy atom. The topological polar surface area (TPSA) is 132 Å². The Bertz CT molecular complexity index is 91.7. The Balaban J connectivity index is -0.0000000389. The molecule has 0 fully saturated rings. The van der Waals surface area contributed by atoms with Crippen molar-refractivity contribution in [1.29, 1.82) is 0 Å². The molecule has 0 aromatic carbocycles. The van der Waals surface area contributed by atoms with Crippen LogP contribution in [0.25, 0.3) is 0 Å². The Morgan fingerprint density at radius 1 is 0.917 bits per heavy atom. The third-order valence-corrected chi connectivity index (χ3v) is 0. The summed E-state index contributed by atoms with van der Waals surface area (Å²) in [6.07, 6.45) is 0. The summed E-state index contributed by atoms with van der Waals surface area (Å²) in [7, 11) is 9.40. The van der Waals surface area contributed by atoms with E-state index in [1.807, 2.05) is 0 Å². The molecule has 0 aromatic rings. The third-order valence-electron chi connectivity index (χ3n) is 0. The van der Waals surface area contributed by atoms with Gasteiger partial charge >= 0.3 is 54.1 Å². The molecule has 0 rings (SSSR count). The second-order valence-corrected chi connectivity index (χ2v) is 2.12. The largest absolute Gasteiger partial charge is 2.00 e. The van der Waals surface area contributed by atoms with Gasteiger partial charge in [0.15, 0.2) is 0 Å². The first kappa shape index (κ1) is 22.7. The summed E-state index contributed by atoms with van der Waals surface area (Å²) >= 11 is 0.569. The first-order valence-corrected chi connectivity index (χ1v) is 4.05. The van der Waals surface area contributed by atoms with E-state index in [1.54, 1.807) is 0 Å². The maximum absolute atomic E-state index is 8.25. The average Bonchev–Trinajstić information content (AvgIpc) is 1.60. The first-order chi connectivity index (χ1) is 4.88. The Labute approximate surface area is 94.7 Å².